The van der Waals surface area contributed by atoms with Gasteiger partial charge in [0.15, 0.2) is 5.43 Å². The van der Waals surface area contributed by atoms with Crippen LogP contribution in [-0.4, -0.2) is 13.1 Å². The van der Waals surface area contributed by atoms with Gasteiger partial charge in [-0.25, -0.2) is 0 Å². The van der Waals surface area contributed by atoms with Crippen LogP contribution in [0.15, 0.2) is 21.3 Å². The van der Waals surface area contributed by atoms with E-state index in [2.05, 4.69) is 54.6 Å². The first-order valence-corrected chi connectivity index (χ1v) is 10.7. The Labute approximate surface area is 163 Å². The normalized spacial score (nSPS) is 21.2. The first-order valence-electron chi connectivity index (χ1n) is 9.77. The molecule has 1 saturated heterocycles. The van der Waals surface area contributed by atoms with Crippen molar-refractivity contribution >= 4 is 32.8 Å². The Bertz CT molecular complexity index is 898. The van der Waals surface area contributed by atoms with Crippen molar-refractivity contribution in [1.82, 2.24) is 0 Å². The highest BCUT2D eigenvalue weighted by atomic mass is 79.9. The molecule has 1 aliphatic carbocycles. The summed E-state index contributed by atoms with van der Waals surface area (Å²) >= 11 is 3.68. The van der Waals surface area contributed by atoms with Crippen LogP contribution in [0.2, 0.25) is 0 Å². The zero-order valence-electron chi connectivity index (χ0n) is 16.2. The Morgan fingerprint density at radius 1 is 1.23 bits per heavy atom. The van der Waals surface area contributed by atoms with Crippen molar-refractivity contribution in [2.24, 2.45) is 5.41 Å². The maximum atomic E-state index is 13.4. The first kappa shape index (κ1) is 18.1. The van der Waals surface area contributed by atoms with Gasteiger partial charge in [-0.15, -0.1) is 0 Å². The Hall–Kier alpha value is -1.29. The summed E-state index contributed by atoms with van der Waals surface area (Å²) in [6.07, 6.45) is 4.48. The third-order valence-corrected chi connectivity index (χ3v) is 6.49. The Kier molecular flexibility index (Phi) is 4.45. The smallest absolute Gasteiger partial charge is 0.203 e. The van der Waals surface area contributed by atoms with Crippen molar-refractivity contribution in [2.45, 2.75) is 64.1 Å². The predicted octanol–water partition coefficient (Wildman–Crippen LogP) is 6.06. The molecule has 4 rings (SSSR count). The third kappa shape index (κ3) is 3.21. The summed E-state index contributed by atoms with van der Waals surface area (Å²) in [6, 6.07) is 4.12. The summed E-state index contributed by atoms with van der Waals surface area (Å²) in [5, 5.41) is 0.745. The van der Waals surface area contributed by atoms with Crippen LogP contribution in [0.25, 0.3) is 11.0 Å². The number of aryl methyl sites for hydroxylation is 1. The maximum absolute atomic E-state index is 13.4. The Morgan fingerprint density at radius 3 is 2.46 bits per heavy atom. The molecule has 2 aromatic rings. The lowest BCUT2D eigenvalue weighted by atomic mass is 9.82. The van der Waals surface area contributed by atoms with Gasteiger partial charge in [0.25, 0.3) is 0 Å². The molecule has 1 aromatic heterocycles. The van der Waals surface area contributed by atoms with E-state index in [1.807, 2.05) is 6.07 Å². The third-order valence-electron chi connectivity index (χ3n) is 6.00. The highest BCUT2D eigenvalue weighted by Gasteiger charge is 2.35. The lowest BCUT2D eigenvalue weighted by Gasteiger charge is -2.38. The van der Waals surface area contributed by atoms with Gasteiger partial charge < -0.3 is 9.32 Å². The Morgan fingerprint density at radius 2 is 1.88 bits per heavy atom. The molecule has 1 unspecified atom stereocenters. The molecular weight excluding hydrogens is 390 g/mol. The number of hydrogen-bond donors (Lipinski definition) is 0. The number of fused-ring (bicyclic) bond motifs is 1. The maximum Gasteiger partial charge on any atom is 0.203 e. The Balaban J connectivity index is 1.91. The molecule has 1 atom stereocenters. The molecule has 140 valence electrons. The number of benzene rings is 1. The van der Waals surface area contributed by atoms with Crippen LogP contribution in [0.1, 0.15) is 73.9 Å². The number of alkyl halides is 1. The molecule has 0 bridgehead atoms. The zero-order valence-corrected chi connectivity index (χ0v) is 17.8. The van der Waals surface area contributed by atoms with E-state index in [4.69, 9.17) is 4.42 Å². The molecule has 0 spiro atoms. The average molecular weight is 418 g/mol. The van der Waals surface area contributed by atoms with Crippen molar-refractivity contribution in [3.63, 3.8) is 0 Å². The van der Waals surface area contributed by atoms with Gasteiger partial charge in [-0.2, -0.15) is 0 Å². The topological polar surface area (TPSA) is 33.5 Å². The van der Waals surface area contributed by atoms with Crippen LogP contribution in [-0.2, 0) is 0 Å². The molecule has 1 aromatic carbocycles. The highest BCUT2D eigenvalue weighted by Crippen LogP contribution is 2.45. The van der Waals surface area contributed by atoms with E-state index in [1.165, 1.54) is 0 Å². The van der Waals surface area contributed by atoms with E-state index in [0.29, 0.717) is 11.3 Å². The fourth-order valence-corrected chi connectivity index (χ4v) is 4.40. The van der Waals surface area contributed by atoms with Gasteiger partial charge in [0, 0.05) is 23.5 Å². The molecule has 26 heavy (non-hydrogen) atoms. The lowest BCUT2D eigenvalue weighted by molar-refractivity contribution is 0.274. The summed E-state index contributed by atoms with van der Waals surface area (Å²) < 4.78 is 6.53. The van der Waals surface area contributed by atoms with Gasteiger partial charge in [-0.05, 0) is 62.5 Å². The predicted molar refractivity (Wildman–Crippen MR) is 112 cm³/mol. The summed E-state index contributed by atoms with van der Waals surface area (Å²) in [5.74, 6) is 1.23. The molecular formula is C22H28BrNO2. The molecule has 1 aliphatic heterocycles. The van der Waals surface area contributed by atoms with Crippen molar-refractivity contribution in [2.75, 3.05) is 18.0 Å². The number of piperidine rings is 1. The van der Waals surface area contributed by atoms with Gasteiger partial charge >= 0.3 is 0 Å². The molecule has 2 fully saturated rings. The minimum absolute atomic E-state index is 0.146. The van der Waals surface area contributed by atoms with Gasteiger partial charge in [-0.1, -0.05) is 35.8 Å². The first-order chi connectivity index (χ1) is 12.3. The fraction of sp³-hybridized carbons (Fsp3) is 0.591. The quantitative estimate of drug-likeness (QED) is 0.568. The molecule has 0 amide bonds. The van der Waals surface area contributed by atoms with Crippen LogP contribution in [0.4, 0.5) is 5.88 Å². The van der Waals surface area contributed by atoms with Crippen molar-refractivity contribution < 1.29 is 4.42 Å². The van der Waals surface area contributed by atoms with Crippen LogP contribution in [0.5, 0.6) is 0 Å². The van der Waals surface area contributed by atoms with E-state index in [-0.39, 0.29) is 10.3 Å². The van der Waals surface area contributed by atoms with Crippen LogP contribution >= 0.6 is 15.9 Å². The summed E-state index contributed by atoms with van der Waals surface area (Å²) in [5.41, 5.74) is 4.43. The van der Waals surface area contributed by atoms with Crippen molar-refractivity contribution in [1.29, 1.82) is 0 Å². The molecule has 0 radical (unpaired) electrons. The highest BCUT2D eigenvalue weighted by molar-refractivity contribution is 9.09. The van der Waals surface area contributed by atoms with Gasteiger partial charge in [0.2, 0.25) is 5.88 Å². The summed E-state index contributed by atoms with van der Waals surface area (Å²) in [6.45, 7) is 10.7. The number of halogens is 1. The van der Waals surface area contributed by atoms with Crippen LogP contribution in [0.3, 0.4) is 0 Å². The molecule has 2 aliphatic rings. The average Bonchev–Trinajstić information content (AvgIpc) is 3.39. The molecule has 3 nitrogen and oxygen atoms in total. The fourth-order valence-electron chi connectivity index (χ4n) is 4.06. The lowest BCUT2D eigenvalue weighted by Crippen LogP contribution is -2.38. The molecule has 4 heteroatoms. The number of rotatable bonds is 3. The van der Waals surface area contributed by atoms with E-state index in [0.717, 1.165) is 72.3 Å². The van der Waals surface area contributed by atoms with E-state index < -0.39 is 0 Å². The zero-order chi connectivity index (χ0) is 18.6. The largest absolute Gasteiger partial charge is 0.440 e. The van der Waals surface area contributed by atoms with Crippen molar-refractivity contribution in [3.8, 4) is 0 Å². The monoisotopic (exact) mass is 417 g/mol. The second-order valence-electron chi connectivity index (χ2n) is 8.92. The van der Waals surface area contributed by atoms with Gasteiger partial charge in [-0.3, -0.25) is 4.79 Å². The molecule has 0 N–H and O–H groups in total. The molecule has 1 saturated carbocycles. The number of nitrogens with zero attached hydrogens (tertiary/aromatic N) is 1. The minimum Gasteiger partial charge on any atom is -0.440 e. The van der Waals surface area contributed by atoms with E-state index >= 15 is 0 Å². The second kappa shape index (κ2) is 6.40. The number of anilines is 1. The van der Waals surface area contributed by atoms with Crippen LogP contribution in [0, 0.1) is 12.3 Å². The molecule has 2 heterocycles. The van der Waals surface area contributed by atoms with Gasteiger partial charge in [0.1, 0.15) is 5.58 Å². The van der Waals surface area contributed by atoms with E-state index in [9.17, 15) is 4.79 Å². The van der Waals surface area contributed by atoms with Crippen molar-refractivity contribution in [3.05, 3.63) is 39.0 Å². The summed E-state index contributed by atoms with van der Waals surface area (Å²) in [4.78, 5) is 15.9. The van der Waals surface area contributed by atoms with Gasteiger partial charge in [0.05, 0.1) is 10.9 Å². The second-order valence-corrected chi connectivity index (χ2v) is 10.3. The standard InChI is InChI=1S/C22H28BrNO2/c1-13-11-16(14(2)23)20-17(12-13)19(25)18(15-5-6-15)21(26-20)24-9-7-22(3,4)8-10-24/h11-12,14-15H,5-10H2,1-4H3. The number of hydrogen-bond acceptors (Lipinski definition) is 3. The SMILES string of the molecule is Cc1cc(C(C)Br)c2oc(N3CCC(C)(C)CC3)c(C3CC3)c(=O)c2c1. The minimum atomic E-state index is 0.146. The van der Waals surface area contributed by atoms with E-state index in [1.54, 1.807) is 0 Å². The summed E-state index contributed by atoms with van der Waals surface area (Å²) in [7, 11) is 0. The van der Waals surface area contributed by atoms with Crippen LogP contribution < -0.4 is 10.3 Å².